The number of benzene rings is 2. The largest absolute Gasteiger partial charge is 0.497 e. The van der Waals surface area contributed by atoms with Crippen LogP contribution in [0.5, 0.6) is 5.75 Å². The zero-order valence-corrected chi connectivity index (χ0v) is 14.7. The highest BCUT2D eigenvalue weighted by Crippen LogP contribution is 2.18. The summed E-state index contributed by atoms with van der Waals surface area (Å²) >= 11 is 0. The van der Waals surface area contributed by atoms with Crippen molar-refractivity contribution in [2.75, 3.05) is 7.11 Å². The van der Waals surface area contributed by atoms with Crippen molar-refractivity contribution in [3.63, 3.8) is 0 Å². The van der Waals surface area contributed by atoms with Gasteiger partial charge in [-0.3, -0.25) is 0 Å². The molecule has 0 saturated heterocycles. The second-order valence-corrected chi connectivity index (χ2v) is 5.99. The van der Waals surface area contributed by atoms with E-state index >= 15 is 0 Å². The van der Waals surface area contributed by atoms with Crippen LogP contribution in [0.4, 0.5) is 4.39 Å². The number of aromatic nitrogens is 2. The Kier molecular flexibility index (Phi) is 5.14. The van der Waals surface area contributed by atoms with E-state index in [9.17, 15) is 4.39 Å². The van der Waals surface area contributed by atoms with Crippen LogP contribution in [0.2, 0.25) is 0 Å². The van der Waals surface area contributed by atoms with Crippen molar-refractivity contribution in [3.8, 4) is 11.4 Å². The molecule has 0 amide bonds. The minimum Gasteiger partial charge on any atom is -0.497 e. The molecule has 0 atom stereocenters. The van der Waals surface area contributed by atoms with Crippen LogP contribution in [-0.4, -0.2) is 16.9 Å². The number of aryl methyl sites for hydroxylation is 1. The Labute approximate surface area is 147 Å². The number of rotatable bonds is 6. The summed E-state index contributed by atoms with van der Waals surface area (Å²) in [7, 11) is 1.67. The normalized spacial score (nSPS) is 10.9. The fourth-order valence-electron chi connectivity index (χ4n) is 2.88. The van der Waals surface area contributed by atoms with Gasteiger partial charge in [-0.1, -0.05) is 12.1 Å². The first-order valence-electron chi connectivity index (χ1n) is 8.23. The number of hydrogen-bond acceptors (Lipinski definition) is 3. The Morgan fingerprint density at radius 3 is 2.56 bits per heavy atom. The van der Waals surface area contributed by atoms with Gasteiger partial charge in [-0.05, 0) is 55.8 Å². The quantitative estimate of drug-likeness (QED) is 0.740. The van der Waals surface area contributed by atoms with Crippen LogP contribution in [-0.2, 0) is 13.1 Å². The third-order valence-corrected chi connectivity index (χ3v) is 4.28. The van der Waals surface area contributed by atoms with Gasteiger partial charge in [-0.25, -0.2) is 9.07 Å². The number of methoxy groups -OCH3 is 1. The standard InChI is InChI=1S/C20H22FN3O/c1-14-20(13-22-12-16-5-4-6-19(11-16)25-3)15(2)24(23-14)18-9-7-17(21)8-10-18/h4-11,22H,12-13H2,1-3H3. The average molecular weight is 339 g/mol. The molecule has 1 aromatic heterocycles. The van der Waals surface area contributed by atoms with Gasteiger partial charge < -0.3 is 10.1 Å². The molecule has 0 unspecified atom stereocenters. The summed E-state index contributed by atoms with van der Waals surface area (Å²) in [6.45, 7) is 5.50. The predicted molar refractivity (Wildman–Crippen MR) is 96.5 cm³/mol. The van der Waals surface area contributed by atoms with Gasteiger partial charge in [-0.2, -0.15) is 5.10 Å². The maximum absolute atomic E-state index is 13.1. The molecule has 0 saturated carbocycles. The highest BCUT2D eigenvalue weighted by atomic mass is 19.1. The topological polar surface area (TPSA) is 39.1 Å². The van der Waals surface area contributed by atoms with E-state index in [0.717, 1.165) is 41.5 Å². The summed E-state index contributed by atoms with van der Waals surface area (Å²) in [5.41, 5.74) is 5.22. The predicted octanol–water partition coefficient (Wildman–Crippen LogP) is 3.93. The van der Waals surface area contributed by atoms with E-state index < -0.39 is 0 Å². The van der Waals surface area contributed by atoms with Crippen molar-refractivity contribution in [1.29, 1.82) is 0 Å². The first-order chi connectivity index (χ1) is 12.1. The van der Waals surface area contributed by atoms with Crippen LogP contribution in [0.3, 0.4) is 0 Å². The van der Waals surface area contributed by atoms with Crippen molar-refractivity contribution in [2.24, 2.45) is 0 Å². The molecule has 4 nitrogen and oxygen atoms in total. The van der Waals surface area contributed by atoms with Crippen molar-refractivity contribution in [3.05, 3.63) is 76.9 Å². The van der Waals surface area contributed by atoms with E-state index in [2.05, 4.69) is 16.5 Å². The molecule has 0 bridgehead atoms. The summed E-state index contributed by atoms with van der Waals surface area (Å²) in [6, 6.07) is 14.4. The lowest BCUT2D eigenvalue weighted by atomic mass is 10.1. The third-order valence-electron chi connectivity index (χ3n) is 4.28. The van der Waals surface area contributed by atoms with Crippen molar-refractivity contribution >= 4 is 0 Å². The highest BCUT2D eigenvalue weighted by Gasteiger charge is 2.12. The number of hydrogen-bond donors (Lipinski definition) is 1. The van der Waals surface area contributed by atoms with E-state index in [1.807, 2.05) is 36.7 Å². The monoisotopic (exact) mass is 339 g/mol. The maximum Gasteiger partial charge on any atom is 0.123 e. The average Bonchev–Trinajstić information content (AvgIpc) is 2.91. The van der Waals surface area contributed by atoms with Gasteiger partial charge in [0.2, 0.25) is 0 Å². The fourth-order valence-corrected chi connectivity index (χ4v) is 2.88. The van der Waals surface area contributed by atoms with Gasteiger partial charge in [0.1, 0.15) is 11.6 Å². The molecule has 0 aliphatic rings. The maximum atomic E-state index is 13.1. The molecule has 0 fully saturated rings. The third kappa shape index (κ3) is 3.88. The van der Waals surface area contributed by atoms with Gasteiger partial charge in [0.05, 0.1) is 18.5 Å². The summed E-state index contributed by atoms with van der Waals surface area (Å²) in [5.74, 6) is 0.612. The van der Waals surface area contributed by atoms with Gasteiger partial charge in [0, 0.05) is 24.3 Å². The van der Waals surface area contributed by atoms with Gasteiger partial charge in [0.25, 0.3) is 0 Å². The first kappa shape index (κ1) is 17.2. The van der Waals surface area contributed by atoms with Crippen LogP contribution in [0.15, 0.2) is 48.5 Å². The summed E-state index contributed by atoms with van der Waals surface area (Å²) in [6.07, 6.45) is 0. The lowest BCUT2D eigenvalue weighted by molar-refractivity contribution is 0.414. The molecule has 25 heavy (non-hydrogen) atoms. The second kappa shape index (κ2) is 7.49. The summed E-state index contributed by atoms with van der Waals surface area (Å²) in [5, 5.41) is 8.05. The van der Waals surface area contributed by atoms with E-state index in [4.69, 9.17) is 4.74 Å². The van der Waals surface area contributed by atoms with E-state index in [1.54, 1.807) is 19.2 Å². The number of nitrogens with one attached hydrogen (secondary N) is 1. The molecule has 1 N–H and O–H groups in total. The van der Waals surface area contributed by atoms with E-state index in [1.165, 1.54) is 17.7 Å². The molecule has 0 aliphatic carbocycles. The lowest BCUT2D eigenvalue weighted by Crippen LogP contribution is -2.14. The number of halogens is 1. The molecule has 3 aromatic rings. The fraction of sp³-hybridized carbons (Fsp3) is 0.250. The van der Waals surface area contributed by atoms with Crippen LogP contribution in [0.25, 0.3) is 5.69 Å². The molecule has 0 radical (unpaired) electrons. The minimum absolute atomic E-state index is 0.245. The summed E-state index contributed by atoms with van der Waals surface area (Å²) < 4.78 is 20.2. The van der Waals surface area contributed by atoms with Gasteiger partial charge >= 0.3 is 0 Å². The van der Waals surface area contributed by atoms with Gasteiger partial charge in [0.15, 0.2) is 0 Å². The molecule has 2 aromatic carbocycles. The zero-order valence-electron chi connectivity index (χ0n) is 14.7. The van der Waals surface area contributed by atoms with Crippen LogP contribution >= 0.6 is 0 Å². The zero-order chi connectivity index (χ0) is 17.8. The van der Waals surface area contributed by atoms with Crippen molar-refractivity contribution in [2.45, 2.75) is 26.9 Å². The minimum atomic E-state index is -0.245. The molecular weight excluding hydrogens is 317 g/mol. The highest BCUT2D eigenvalue weighted by molar-refractivity contribution is 5.37. The Morgan fingerprint density at radius 2 is 1.84 bits per heavy atom. The first-order valence-corrected chi connectivity index (χ1v) is 8.23. The molecule has 3 rings (SSSR count). The number of ether oxygens (including phenoxy) is 1. The number of nitrogens with zero attached hydrogens (tertiary/aromatic N) is 2. The van der Waals surface area contributed by atoms with Crippen LogP contribution in [0.1, 0.15) is 22.5 Å². The molecule has 0 spiro atoms. The SMILES string of the molecule is COc1cccc(CNCc2c(C)nn(-c3ccc(F)cc3)c2C)c1. The van der Waals surface area contributed by atoms with E-state index in [-0.39, 0.29) is 5.82 Å². The Morgan fingerprint density at radius 1 is 1.08 bits per heavy atom. The smallest absolute Gasteiger partial charge is 0.123 e. The van der Waals surface area contributed by atoms with Gasteiger partial charge in [-0.15, -0.1) is 0 Å². The molecular formula is C20H22FN3O. The molecule has 5 heteroatoms. The molecule has 0 aliphatic heterocycles. The molecule has 1 heterocycles. The lowest BCUT2D eigenvalue weighted by Gasteiger charge is -2.08. The Hall–Kier alpha value is -2.66. The van der Waals surface area contributed by atoms with E-state index in [0.29, 0.717) is 0 Å². The Balaban J connectivity index is 1.71. The summed E-state index contributed by atoms with van der Waals surface area (Å²) in [4.78, 5) is 0. The molecule has 130 valence electrons. The Bertz CT molecular complexity index is 856. The second-order valence-electron chi connectivity index (χ2n) is 5.99. The van der Waals surface area contributed by atoms with Crippen molar-refractivity contribution in [1.82, 2.24) is 15.1 Å². The van der Waals surface area contributed by atoms with Crippen LogP contribution < -0.4 is 10.1 Å². The van der Waals surface area contributed by atoms with Crippen molar-refractivity contribution < 1.29 is 9.13 Å². The van der Waals surface area contributed by atoms with Crippen LogP contribution in [0, 0.1) is 19.7 Å².